The van der Waals surface area contributed by atoms with Crippen LogP contribution in [0.3, 0.4) is 0 Å². The van der Waals surface area contributed by atoms with E-state index in [9.17, 15) is 8.42 Å². The maximum absolute atomic E-state index is 11.8. The monoisotopic (exact) mass is 373 g/mol. The number of hydrogen-bond acceptors (Lipinski definition) is 4. The molecule has 0 radical (unpaired) electrons. The first-order chi connectivity index (χ1) is 12.6. The smallest absolute Gasteiger partial charge is 0.232 e. The Balaban J connectivity index is 1.53. The van der Waals surface area contributed by atoms with Crippen molar-refractivity contribution in [3.05, 3.63) is 60.2 Å². The van der Waals surface area contributed by atoms with Crippen molar-refractivity contribution >= 4 is 21.4 Å². The van der Waals surface area contributed by atoms with Crippen LogP contribution >= 0.6 is 0 Å². The second kappa shape index (κ2) is 8.56. The van der Waals surface area contributed by atoms with Gasteiger partial charge in [0.25, 0.3) is 0 Å². The summed E-state index contributed by atoms with van der Waals surface area (Å²) in [6, 6.07) is 18.2. The predicted octanol–water partition coefficient (Wildman–Crippen LogP) is 3.16. The number of rotatable bonds is 7. The molecule has 0 atom stereocenters. The molecule has 0 bridgehead atoms. The van der Waals surface area contributed by atoms with Crippen molar-refractivity contribution in [3.8, 4) is 0 Å². The largest absolute Gasteiger partial charge is 0.369 e. The first-order valence-electron chi connectivity index (χ1n) is 9.17. The van der Waals surface area contributed by atoms with Crippen LogP contribution in [0.1, 0.15) is 18.9 Å². The van der Waals surface area contributed by atoms with Gasteiger partial charge in [0.15, 0.2) is 0 Å². The Hall–Kier alpha value is -2.05. The molecule has 26 heavy (non-hydrogen) atoms. The number of piperazine rings is 1. The van der Waals surface area contributed by atoms with Gasteiger partial charge in [-0.3, -0.25) is 9.62 Å². The van der Waals surface area contributed by atoms with E-state index < -0.39 is 10.0 Å². The van der Waals surface area contributed by atoms with Gasteiger partial charge in [-0.05, 0) is 36.2 Å². The van der Waals surface area contributed by atoms with Gasteiger partial charge >= 0.3 is 0 Å². The molecule has 5 nitrogen and oxygen atoms in total. The molecule has 0 amide bonds. The van der Waals surface area contributed by atoms with Gasteiger partial charge in [-0.2, -0.15) is 0 Å². The fraction of sp³-hybridized carbons (Fsp3) is 0.400. The molecule has 0 unspecified atom stereocenters. The molecular weight excluding hydrogens is 346 g/mol. The lowest BCUT2D eigenvalue weighted by molar-refractivity contribution is 0.250. The average molecular weight is 374 g/mol. The van der Waals surface area contributed by atoms with Crippen LogP contribution in [-0.2, 0) is 16.6 Å². The highest BCUT2D eigenvalue weighted by molar-refractivity contribution is 7.92. The summed E-state index contributed by atoms with van der Waals surface area (Å²) in [5.74, 6) is 0.151. The minimum Gasteiger partial charge on any atom is -0.369 e. The van der Waals surface area contributed by atoms with Crippen LogP contribution in [0.5, 0.6) is 0 Å². The molecule has 0 spiro atoms. The summed E-state index contributed by atoms with van der Waals surface area (Å²) in [6.07, 6.45) is 0.612. The Bertz CT molecular complexity index is 784. The van der Waals surface area contributed by atoms with Crippen molar-refractivity contribution in [2.24, 2.45) is 0 Å². The zero-order valence-electron chi connectivity index (χ0n) is 15.3. The van der Waals surface area contributed by atoms with E-state index in [1.165, 1.54) is 5.56 Å². The third kappa shape index (κ3) is 5.22. The standard InChI is InChI=1S/C20H27N3O2S/c1-2-16-26(24,25)21-19-8-10-20(11-9-19)23-14-12-22(13-15-23)17-18-6-4-3-5-7-18/h3-11,21H,2,12-17H2,1H3. The Labute approximate surface area is 156 Å². The third-order valence-electron chi connectivity index (χ3n) is 4.60. The molecule has 2 aromatic rings. The van der Waals surface area contributed by atoms with E-state index in [1.54, 1.807) is 0 Å². The number of hydrogen-bond donors (Lipinski definition) is 1. The van der Waals surface area contributed by atoms with E-state index in [0.29, 0.717) is 12.1 Å². The fourth-order valence-corrected chi connectivity index (χ4v) is 4.38. The van der Waals surface area contributed by atoms with E-state index in [-0.39, 0.29) is 5.75 Å². The second-order valence-corrected chi connectivity index (χ2v) is 8.56. The molecule has 3 rings (SSSR count). The van der Waals surface area contributed by atoms with E-state index in [2.05, 4.69) is 38.8 Å². The zero-order chi connectivity index (χ0) is 18.4. The normalized spacial score (nSPS) is 15.8. The Kier molecular flexibility index (Phi) is 6.16. The lowest BCUT2D eigenvalue weighted by Crippen LogP contribution is -2.45. The van der Waals surface area contributed by atoms with Gasteiger partial charge in [0.1, 0.15) is 0 Å². The van der Waals surface area contributed by atoms with Gasteiger partial charge in [-0.15, -0.1) is 0 Å². The van der Waals surface area contributed by atoms with Crippen LogP contribution in [0.4, 0.5) is 11.4 Å². The average Bonchev–Trinajstić information content (AvgIpc) is 2.63. The van der Waals surface area contributed by atoms with Gasteiger partial charge in [0.05, 0.1) is 5.75 Å². The van der Waals surface area contributed by atoms with E-state index in [4.69, 9.17) is 0 Å². The van der Waals surface area contributed by atoms with Crippen molar-refractivity contribution in [3.63, 3.8) is 0 Å². The number of anilines is 2. The highest BCUT2D eigenvalue weighted by atomic mass is 32.2. The van der Waals surface area contributed by atoms with Gasteiger partial charge in [0.2, 0.25) is 10.0 Å². The summed E-state index contributed by atoms with van der Waals surface area (Å²) in [7, 11) is -3.23. The molecule has 6 heteroatoms. The topological polar surface area (TPSA) is 52.7 Å². The van der Waals surface area contributed by atoms with Gasteiger partial charge in [-0.25, -0.2) is 8.42 Å². The number of nitrogens with zero attached hydrogens (tertiary/aromatic N) is 2. The van der Waals surface area contributed by atoms with E-state index >= 15 is 0 Å². The molecule has 1 aliphatic heterocycles. The van der Waals surface area contributed by atoms with E-state index in [0.717, 1.165) is 38.4 Å². The fourth-order valence-electron chi connectivity index (χ4n) is 3.25. The summed E-state index contributed by atoms with van der Waals surface area (Å²) in [5, 5.41) is 0. The van der Waals surface area contributed by atoms with Crippen molar-refractivity contribution in [1.29, 1.82) is 0 Å². The summed E-state index contributed by atoms with van der Waals surface area (Å²) in [4.78, 5) is 4.82. The molecular formula is C20H27N3O2S. The minimum atomic E-state index is -3.23. The highest BCUT2D eigenvalue weighted by Gasteiger charge is 2.17. The van der Waals surface area contributed by atoms with Crippen molar-refractivity contribution < 1.29 is 8.42 Å². The molecule has 1 aliphatic rings. The minimum absolute atomic E-state index is 0.151. The summed E-state index contributed by atoms with van der Waals surface area (Å²) in [5.41, 5.74) is 3.12. The maximum atomic E-state index is 11.8. The Morgan fingerprint density at radius 1 is 0.923 bits per heavy atom. The summed E-state index contributed by atoms with van der Waals surface area (Å²) < 4.78 is 26.3. The van der Waals surface area contributed by atoms with Crippen molar-refractivity contribution in [1.82, 2.24) is 4.90 Å². The Morgan fingerprint density at radius 2 is 1.58 bits per heavy atom. The molecule has 0 saturated carbocycles. The molecule has 0 aromatic heterocycles. The first-order valence-corrected chi connectivity index (χ1v) is 10.8. The molecule has 2 aromatic carbocycles. The lowest BCUT2D eigenvalue weighted by Gasteiger charge is -2.36. The lowest BCUT2D eigenvalue weighted by atomic mass is 10.2. The number of nitrogens with one attached hydrogen (secondary N) is 1. The SMILES string of the molecule is CCCS(=O)(=O)Nc1ccc(N2CCN(Cc3ccccc3)CC2)cc1. The molecule has 1 fully saturated rings. The number of benzene rings is 2. The van der Waals surface area contributed by atoms with Crippen LogP contribution in [-0.4, -0.2) is 45.2 Å². The zero-order valence-corrected chi connectivity index (χ0v) is 16.1. The quantitative estimate of drug-likeness (QED) is 0.810. The summed E-state index contributed by atoms with van der Waals surface area (Å²) >= 11 is 0. The molecule has 1 heterocycles. The second-order valence-electron chi connectivity index (χ2n) is 6.72. The van der Waals surface area contributed by atoms with Gasteiger partial charge in [0, 0.05) is 44.1 Å². The first kappa shape index (κ1) is 18.7. The highest BCUT2D eigenvalue weighted by Crippen LogP contribution is 2.21. The number of sulfonamides is 1. The predicted molar refractivity (Wildman–Crippen MR) is 108 cm³/mol. The molecule has 1 saturated heterocycles. The van der Waals surface area contributed by atoms with Crippen LogP contribution in [0.2, 0.25) is 0 Å². The van der Waals surface area contributed by atoms with Crippen LogP contribution < -0.4 is 9.62 Å². The van der Waals surface area contributed by atoms with Gasteiger partial charge < -0.3 is 4.90 Å². The molecule has 1 N–H and O–H groups in total. The van der Waals surface area contributed by atoms with Crippen LogP contribution in [0.15, 0.2) is 54.6 Å². The molecule has 140 valence electrons. The van der Waals surface area contributed by atoms with Crippen LogP contribution in [0.25, 0.3) is 0 Å². The summed E-state index contributed by atoms with van der Waals surface area (Å²) in [6.45, 7) is 6.87. The van der Waals surface area contributed by atoms with Gasteiger partial charge in [-0.1, -0.05) is 37.3 Å². The molecule has 0 aliphatic carbocycles. The van der Waals surface area contributed by atoms with Crippen molar-refractivity contribution in [2.75, 3.05) is 41.6 Å². The van der Waals surface area contributed by atoms with Crippen molar-refractivity contribution in [2.45, 2.75) is 19.9 Å². The maximum Gasteiger partial charge on any atom is 0.232 e. The van der Waals surface area contributed by atoms with E-state index in [1.807, 2.05) is 37.3 Å². The van der Waals surface area contributed by atoms with Crippen LogP contribution in [0, 0.1) is 0 Å². The Morgan fingerprint density at radius 3 is 2.19 bits per heavy atom. The third-order valence-corrected chi connectivity index (χ3v) is 6.09.